The Morgan fingerprint density at radius 1 is 1.60 bits per heavy atom. The van der Waals surface area contributed by atoms with Crippen LogP contribution in [0.5, 0.6) is 0 Å². The molecule has 0 aromatic carbocycles. The summed E-state index contributed by atoms with van der Waals surface area (Å²) in [4.78, 5) is 2.59. The SMILES string of the molecule is C.CC(C)C(CO)N=[N+]=[N-]. The maximum absolute atomic E-state index is 8.56. The molecule has 0 aliphatic heterocycles. The minimum Gasteiger partial charge on any atom is -0.396 e. The van der Waals surface area contributed by atoms with Crippen molar-refractivity contribution >= 4 is 0 Å². The van der Waals surface area contributed by atoms with E-state index in [1.165, 1.54) is 0 Å². The van der Waals surface area contributed by atoms with Crippen molar-refractivity contribution in [1.82, 2.24) is 0 Å². The summed E-state index contributed by atoms with van der Waals surface area (Å²) in [6.07, 6.45) is 0. The molecule has 0 fully saturated rings. The Balaban J connectivity index is 0. The van der Waals surface area contributed by atoms with E-state index < -0.39 is 0 Å². The van der Waals surface area contributed by atoms with Crippen molar-refractivity contribution in [1.29, 1.82) is 0 Å². The van der Waals surface area contributed by atoms with Gasteiger partial charge in [-0.1, -0.05) is 26.4 Å². The molecule has 0 saturated carbocycles. The first-order valence-electron chi connectivity index (χ1n) is 2.87. The van der Waals surface area contributed by atoms with Gasteiger partial charge in [-0.2, -0.15) is 0 Å². The molecule has 0 bridgehead atoms. The maximum atomic E-state index is 8.56. The fraction of sp³-hybridized carbons (Fsp3) is 1.00. The third kappa shape index (κ3) is 4.18. The molecular weight excluding hydrogens is 130 g/mol. The van der Waals surface area contributed by atoms with Gasteiger partial charge in [0.1, 0.15) is 0 Å². The predicted molar refractivity (Wildman–Crippen MR) is 41.6 cm³/mol. The molecule has 0 aromatic rings. The van der Waals surface area contributed by atoms with Gasteiger partial charge in [0.05, 0.1) is 12.6 Å². The van der Waals surface area contributed by atoms with Crippen LogP contribution in [0.25, 0.3) is 10.4 Å². The molecular formula is C6H15N3O. The van der Waals surface area contributed by atoms with Gasteiger partial charge in [-0.05, 0) is 11.4 Å². The number of aliphatic hydroxyl groups is 1. The van der Waals surface area contributed by atoms with Gasteiger partial charge < -0.3 is 5.11 Å². The lowest BCUT2D eigenvalue weighted by molar-refractivity contribution is 0.238. The van der Waals surface area contributed by atoms with Gasteiger partial charge in [0.15, 0.2) is 0 Å². The van der Waals surface area contributed by atoms with Crippen LogP contribution in [0.2, 0.25) is 0 Å². The summed E-state index contributed by atoms with van der Waals surface area (Å²) in [5, 5.41) is 11.9. The maximum Gasteiger partial charge on any atom is 0.0628 e. The fourth-order valence-electron chi connectivity index (χ4n) is 0.447. The van der Waals surface area contributed by atoms with E-state index in [9.17, 15) is 0 Å². The molecule has 0 spiro atoms. The van der Waals surface area contributed by atoms with E-state index in [0.29, 0.717) is 0 Å². The predicted octanol–water partition coefficient (Wildman–Crippen LogP) is 1.95. The summed E-state index contributed by atoms with van der Waals surface area (Å²) in [6.45, 7) is 3.73. The average Bonchev–Trinajstić information content (AvgIpc) is 1.82. The highest BCUT2D eigenvalue weighted by Crippen LogP contribution is 2.04. The highest BCUT2D eigenvalue weighted by molar-refractivity contribution is 4.68. The number of hydrogen-bond donors (Lipinski definition) is 1. The van der Waals surface area contributed by atoms with Gasteiger partial charge in [-0.25, -0.2) is 0 Å². The largest absolute Gasteiger partial charge is 0.396 e. The third-order valence-electron chi connectivity index (χ3n) is 1.16. The summed E-state index contributed by atoms with van der Waals surface area (Å²) >= 11 is 0. The van der Waals surface area contributed by atoms with Gasteiger partial charge in [0.2, 0.25) is 0 Å². The molecule has 0 amide bonds. The first-order valence-corrected chi connectivity index (χ1v) is 2.87. The van der Waals surface area contributed by atoms with Gasteiger partial charge in [-0.3, -0.25) is 0 Å². The van der Waals surface area contributed by atoms with Gasteiger partial charge in [0, 0.05) is 4.91 Å². The molecule has 0 aliphatic rings. The van der Waals surface area contributed by atoms with Crippen LogP contribution in [0.15, 0.2) is 5.11 Å². The zero-order valence-corrected chi connectivity index (χ0v) is 5.65. The second kappa shape index (κ2) is 6.39. The van der Waals surface area contributed by atoms with Crippen LogP contribution < -0.4 is 0 Å². The summed E-state index contributed by atoms with van der Waals surface area (Å²) in [7, 11) is 0. The Hall–Kier alpha value is -0.730. The monoisotopic (exact) mass is 145 g/mol. The second-order valence-corrected chi connectivity index (χ2v) is 2.20. The molecule has 0 radical (unpaired) electrons. The number of rotatable bonds is 3. The standard InChI is InChI=1S/C5H11N3O.CH4/c1-4(2)5(3-9)7-8-6;/h4-5,9H,3H2,1-2H3;1H4. The first-order chi connectivity index (χ1) is 4.22. The molecule has 0 aromatic heterocycles. The van der Waals surface area contributed by atoms with Crippen LogP contribution in [-0.2, 0) is 0 Å². The molecule has 0 heterocycles. The van der Waals surface area contributed by atoms with Crippen LogP contribution in [0.1, 0.15) is 21.3 Å². The van der Waals surface area contributed by atoms with E-state index >= 15 is 0 Å². The van der Waals surface area contributed by atoms with Crippen LogP contribution in [0.4, 0.5) is 0 Å². The summed E-state index contributed by atoms with van der Waals surface area (Å²) in [5.74, 6) is 0.214. The quantitative estimate of drug-likeness (QED) is 0.368. The molecule has 10 heavy (non-hydrogen) atoms. The highest BCUT2D eigenvalue weighted by atomic mass is 16.3. The van der Waals surface area contributed by atoms with E-state index in [1.54, 1.807) is 0 Å². The topological polar surface area (TPSA) is 69.0 Å². The number of azide groups is 1. The van der Waals surface area contributed by atoms with Crippen LogP contribution in [0, 0.1) is 5.92 Å². The minimum absolute atomic E-state index is 0. The average molecular weight is 145 g/mol. The smallest absolute Gasteiger partial charge is 0.0628 e. The zero-order chi connectivity index (χ0) is 7.28. The molecule has 1 unspecified atom stereocenters. The van der Waals surface area contributed by atoms with Crippen LogP contribution >= 0.6 is 0 Å². The number of aliphatic hydroxyl groups excluding tert-OH is 1. The van der Waals surface area contributed by atoms with E-state index in [0.717, 1.165) is 0 Å². The van der Waals surface area contributed by atoms with E-state index in [2.05, 4.69) is 10.0 Å². The second-order valence-electron chi connectivity index (χ2n) is 2.20. The highest BCUT2D eigenvalue weighted by Gasteiger charge is 2.07. The van der Waals surface area contributed by atoms with E-state index in [-0.39, 0.29) is 26.0 Å². The molecule has 4 nitrogen and oxygen atoms in total. The van der Waals surface area contributed by atoms with E-state index in [1.807, 2.05) is 13.8 Å². The van der Waals surface area contributed by atoms with E-state index in [4.69, 9.17) is 10.6 Å². The summed E-state index contributed by atoms with van der Waals surface area (Å²) < 4.78 is 0. The van der Waals surface area contributed by atoms with Crippen LogP contribution in [-0.4, -0.2) is 17.8 Å². The van der Waals surface area contributed by atoms with Gasteiger partial charge in [0.25, 0.3) is 0 Å². The van der Waals surface area contributed by atoms with Crippen molar-refractivity contribution in [2.75, 3.05) is 6.61 Å². The summed E-state index contributed by atoms with van der Waals surface area (Å²) in [6, 6.07) is -0.269. The Morgan fingerprint density at radius 2 is 2.10 bits per heavy atom. The number of nitrogens with zero attached hydrogens (tertiary/aromatic N) is 3. The Labute approximate surface area is 61.5 Å². The van der Waals surface area contributed by atoms with Crippen molar-refractivity contribution < 1.29 is 5.11 Å². The van der Waals surface area contributed by atoms with Crippen molar-refractivity contribution in [2.45, 2.75) is 27.3 Å². The fourth-order valence-corrected chi connectivity index (χ4v) is 0.447. The molecule has 0 aliphatic carbocycles. The zero-order valence-electron chi connectivity index (χ0n) is 5.65. The molecule has 60 valence electrons. The minimum atomic E-state index is -0.269. The molecule has 1 atom stereocenters. The van der Waals surface area contributed by atoms with Crippen molar-refractivity contribution in [3.8, 4) is 0 Å². The molecule has 0 saturated heterocycles. The Kier molecular flexibility index (Phi) is 7.67. The van der Waals surface area contributed by atoms with Gasteiger partial charge >= 0.3 is 0 Å². The van der Waals surface area contributed by atoms with Crippen molar-refractivity contribution in [3.63, 3.8) is 0 Å². The molecule has 0 rings (SSSR count). The summed E-state index contributed by atoms with van der Waals surface area (Å²) in [5.41, 5.74) is 7.96. The van der Waals surface area contributed by atoms with Gasteiger partial charge in [-0.15, -0.1) is 0 Å². The third-order valence-corrected chi connectivity index (χ3v) is 1.16. The lowest BCUT2D eigenvalue weighted by Crippen LogP contribution is -2.16. The van der Waals surface area contributed by atoms with Crippen molar-refractivity contribution in [2.24, 2.45) is 11.0 Å². The van der Waals surface area contributed by atoms with Crippen molar-refractivity contribution in [3.05, 3.63) is 10.4 Å². The normalized spacial score (nSPS) is 11.6. The molecule has 4 heteroatoms. The number of hydrogen-bond acceptors (Lipinski definition) is 2. The first kappa shape index (κ1) is 12.0. The Bertz CT molecular complexity index is 118. The molecule has 1 N–H and O–H groups in total. The lowest BCUT2D eigenvalue weighted by Gasteiger charge is -2.09. The lowest BCUT2D eigenvalue weighted by atomic mass is 10.1. The van der Waals surface area contributed by atoms with Crippen LogP contribution in [0.3, 0.4) is 0 Å². The Morgan fingerprint density at radius 3 is 2.20 bits per heavy atom.